The van der Waals surface area contributed by atoms with E-state index >= 15 is 0 Å². The van der Waals surface area contributed by atoms with Gasteiger partial charge in [0.1, 0.15) is 11.8 Å². The Balaban J connectivity index is 0.00000112. The van der Waals surface area contributed by atoms with Crippen LogP contribution in [0.15, 0.2) is 15.4 Å². The predicted octanol–water partition coefficient (Wildman–Crippen LogP) is 3.07. The second-order valence-corrected chi connectivity index (χ2v) is 4.38. The van der Waals surface area contributed by atoms with Gasteiger partial charge in [0.15, 0.2) is 0 Å². The van der Waals surface area contributed by atoms with Crippen molar-refractivity contribution in [3.63, 3.8) is 0 Å². The molecular weight excluding hydrogens is 296 g/mol. The quantitative estimate of drug-likeness (QED) is 0.866. The SMILES string of the molecule is C/C=C\c1c(CC)on(C2CCC(=O)NC2=O)c1=O.CC.CC. The van der Waals surface area contributed by atoms with Gasteiger partial charge < -0.3 is 4.52 Å². The zero-order valence-electron chi connectivity index (χ0n) is 14.9. The summed E-state index contributed by atoms with van der Waals surface area (Å²) in [4.78, 5) is 35.1. The molecule has 1 aromatic heterocycles. The molecular formula is C17H28N2O4. The Labute approximate surface area is 137 Å². The van der Waals surface area contributed by atoms with Crippen LogP contribution in [0.25, 0.3) is 6.08 Å². The Bertz CT molecular complexity index is 596. The van der Waals surface area contributed by atoms with Gasteiger partial charge in [0, 0.05) is 12.8 Å². The number of hydrogen-bond acceptors (Lipinski definition) is 4. The van der Waals surface area contributed by atoms with Crippen molar-refractivity contribution in [3.05, 3.63) is 27.8 Å². The van der Waals surface area contributed by atoms with Crippen LogP contribution in [-0.4, -0.2) is 16.6 Å². The fourth-order valence-electron chi connectivity index (χ4n) is 2.14. The summed E-state index contributed by atoms with van der Waals surface area (Å²) in [6.07, 6.45) is 4.49. The molecule has 6 nitrogen and oxygen atoms in total. The lowest BCUT2D eigenvalue weighted by molar-refractivity contribution is -0.137. The van der Waals surface area contributed by atoms with Crippen molar-refractivity contribution < 1.29 is 14.1 Å². The van der Waals surface area contributed by atoms with Crippen LogP contribution in [0.4, 0.5) is 0 Å². The van der Waals surface area contributed by atoms with Gasteiger partial charge in [-0.05, 0) is 13.3 Å². The van der Waals surface area contributed by atoms with E-state index in [1.165, 1.54) is 0 Å². The van der Waals surface area contributed by atoms with Crippen molar-refractivity contribution in [2.45, 2.75) is 66.8 Å². The average molecular weight is 324 g/mol. The standard InChI is InChI=1S/C13H16N2O4.2C2H6/c1-3-5-8-10(4-2)19-15(13(8)18)9-6-7-11(16)14-12(9)17;2*1-2/h3,5,9H,4,6-7H2,1-2H3,(H,14,16,17);2*1-2H3/b5-3-;;. The van der Waals surface area contributed by atoms with Gasteiger partial charge in [-0.15, -0.1) is 0 Å². The smallest absolute Gasteiger partial charge is 0.290 e. The van der Waals surface area contributed by atoms with Gasteiger partial charge in [0.05, 0.1) is 5.56 Å². The normalized spacial score (nSPS) is 17.0. The Kier molecular flexibility index (Phi) is 9.62. The number of piperidine rings is 1. The predicted molar refractivity (Wildman–Crippen MR) is 91.2 cm³/mol. The first-order valence-corrected chi connectivity index (χ1v) is 8.29. The highest BCUT2D eigenvalue weighted by molar-refractivity contribution is 5.99. The van der Waals surface area contributed by atoms with Gasteiger partial charge in [-0.2, -0.15) is 4.74 Å². The molecule has 1 saturated heterocycles. The minimum atomic E-state index is -0.741. The second kappa shape index (κ2) is 10.6. The molecule has 6 heteroatoms. The van der Waals surface area contributed by atoms with E-state index in [2.05, 4.69) is 5.32 Å². The van der Waals surface area contributed by atoms with E-state index in [-0.39, 0.29) is 24.3 Å². The lowest BCUT2D eigenvalue weighted by Gasteiger charge is -2.19. The molecule has 1 aliphatic heterocycles. The number of hydrogen-bond donors (Lipinski definition) is 1. The summed E-state index contributed by atoms with van der Waals surface area (Å²) in [5, 5.41) is 2.22. The number of imide groups is 1. The highest BCUT2D eigenvalue weighted by atomic mass is 16.5. The molecule has 1 fully saturated rings. The van der Waals surface area contributed by atoms with E-state index in [0.717, 1.165) is 4.74 Å². The molecule has 1 atom stereocenters. The van der Waals surface area contributed by atoms with E-state index in [9.17, 15) is 14.4 Å². The fourth-order valence-corrected chi connectivity index (χ4v) is 2.14. The van der Waals surface area contributed by atoms with Crippen LogP contribution in [0.1, 0.15) is 71.7 Å². The van der Waals surface area contributed by atoms with Crippen LogP contribution in [0.2, 0.25) is 0 Å². The van der Waals surface area contributed by atoms with Gasteiger partial charge in [-0.1, -0.05) is 46.8 Å². The lowest BCUT2D eigenvalue weighted by Crippen LogP contribution is -2.43. The minimum absolute atomic E-state index is 0.212. The molecule has 0 aliphatic carbocycles. The van der Waals surface area contributed by atoms with Crippen molar-refractivity contribution in [2.24, 2.45) is 0 Å². The average Bonchev–Trinajstić information content (AvgIpc) is 2.88. The molecule has 0 bridgehead atoms. The molecule has 1 unspecified atom stereocenters. The number of aromatic nitrogens is 1. The zero-order valence-corrected chi connectivity index (χ0v) is 14.9. The lowest BCUT2D eigenvalue weighted by atomic mass is 10.1. The molecule has 0 spiro atoms. The topological polar surface area (TPSA) is 81.3 Å². The molecule has 2 amide bonds. The minimum Gasteiger partial charge on any atom is -0.379 e. The van der Waals surface area contributed by atoms with Gasteiger partial charge in [-0.25, -0.2) is 0 Å². The Hall–Kier alpha value is -2.11. The Morgan fingerprint density at radius 2 is 1.83 bits per heavy atom. The van der Waals surface area contributed by atoms with Gasteiger partial charge >= 0.3 is 0 Å². The number of carbonyl (C=O) groups is 2. The van der Waals surface area contributed by atoms with Crippen molar-refractivity contribution >= 4 is 17.9 Å². The Morgan fingerprint density at radius 1 is 1.22 bits per heavy atom. The van der Waals surface area contributed by atoms with Crippen molar-refractivity contribution in [1.82, 2.24) is 10.1 Å². The molecule has 1 aliphatic rings. The highest BCUT2D eigenvalue weighted by Crippen LogP contribution is 2.19. The zero-order chi connectivity index (χ0) is 18.0. The number of nitrogens with zero attached hydrogens (tertiary/aromatic N) is 1. The van der Waals surface area contributed by atoms with Gasteiger partial charge in [0.2, 0.25) is 5.91 Å². The van der Waals surface area contributed by atoms with E-state index in [1.54, 1.807) is 12.2 Å². The molecule has 2 rings (SSSR count). The summed E-state index contributed by atoms with van der Waals surface area (Å²) in [6, 6.07) is -0.741. The fraction of sp³-hybridized carbons (Fsp3) is 0.588. The first-order valence-electron chi connectivity index (χ1n) is 8.29. The van der Waals surface area contributed by atoms with Crippen LogP contribution in [0, 0.1) is 0 Å². The third-order valence-electron chi connectivity index (χ3n) is 3.09. The van der Waals surface area contributed by atoms with Crippen LogP contribution in [-0.2, 0) is 16.0 Å². The first kappa shape index (κ1) is 20.9. The van der Waals surface area contributed by atoms with E-state index in [1.807, 2.05) is 41.5 Å². The number of aryl methyl sites for hydroxylation is 1. The van der Waals surface area contributed by atoms with Crippen LogP contribution in [0.5, 0.6) is 0 Å². The van der Waals surface area contributed by atoms with Gasteiger partial charge in [-0.3, -0.25) is 19.7 Å². The number of amides is 2. The number of nitrogens with one attached hydrogen (secondary N) is 1. The highest BCUT2D eigenvalue weighted by Gasteiger charge is 2.32. The summed E-state index contributed by atoms with van der Waals surface area (Å²) >= 11 is 0. The second-order valence-electron chi connectivity index (χ2n) is 4.38. The van der Waals surface area contributed by atoms with E-state index < -0.39 is 11.9 Å². The number of allylic oxidation sites excluding steroid dienone is 1. The maximum Gasteiger partial charge on any atom is 0.290 e. The molecule has 23 heavy (non-hydrogen) atoms. The monoisotopic (exact) mass is 324 g/mol. The molecule has 0 aromatic carbocycles. The third kappa shape index (κ3) is 4.94. The maximum atomic E-state index is 12.2. The number of carbonyl (C=O) groups excluding carboxylic acids is 2. The summed E-state index contributed by atoms with van der Waals surface area (Å²) < 4.78 is 6.55. The summed E-state index contributed by atoms with van der Waals surface area (Å²) in [5.41, 5.74) is 0.138. The Morgan fingerprint density at radius 3 is 2.30 bits per heavy atom. The maximum absolute atomic E-state index is 12.2. The van der Waals surface area contributed by atoms with Gasteiger partial charge in [0.25, 0.3) is 11.5 Å². The van der Waals surface area contributed by atoms with E-state index in [0.29, 0.717) is 17.7 Å². The first-order chi connectivity index (χ1) is 11.1. The van der Waals surface area contributed by atoms with Crippen LogP contribution < -0.4 is 10.9 Å². The molecule has 2 heterocycles. The molecule has 1 N–H and O–H groups in total. The van der Waals surface area contributed by atoms with Crippen molar-refractivity contribution in [3.8, 4) is 0 Å². The summed E-state index contributed by atoms with van der Waals surface area (Å²) in [5.74, 6) is -0.250. The largest absolute Gasteiger partial charge is 0.379 e. The van der Waals surface area contributed by atoms with Crippen molar-refractivity contribution in [1.29, 1.82) is 0 Å². The van der Waals surface area contributed by atoms with Crippen LogP contribution in [0.3, 0.4) is 0 Å². The molecule has 130 valence electrons. The molecule has 0 saturated carbocycles. The third-order valence-corrected chi connectivity index (χ3v) is 3.09. The van der Waals surface area contributed by atoms with E-state index in [4.69, 9.17) is 4.52 Å². The number of rotatable bonds is 3. The summed E-state index contributed by atoms with van der Waals surface area (Å²) in [6.45, 7) is 11.7. The summed E-state index contributed by atoms with van der Waals surface area (Å²) in [7, 11) is 0. The molecule has 0 radical (unpaired) electrons. The molecule has 1 aromatic rings. The van der Waals surface area contributed by atoms with Crippen LogP contribution >= 0.6 is 0 Å². The van der Waals surface area contributed by atoms with Crippen molar-refractivity contribution in [2.75, 3.05) is 0 Å².